The van der Waals surface area contributed by atoms with E-state index >= 15 is 0 Å². The molecular formula is C17H23NO3. The maximum atomic E-state index is 12.8. The fraction of sp³-hybridized carbons (Fsp3) is 0.529. The third kappa shape index (κ3) is 3.26. The molecule has 1 heterocycles. The lowest BCUT2D eigenvalue weighted by molar-refractivity contribution is -0.147. The smallest absolute Gasteiger partial charge is 0.306 e. The molecule has 4 nitrogen and oxygen atoms in total. The van der Waals surface area contributed by atoms with E-state index < -0.39 is 11.4 Å². The van der Waals surface area contributed by atoms with Crippen molar-refractivity contribution >= 4 is 11.9 Å². The van der Waals surface area contributed by atoms with Gasteiger partial charge in [-0.1, -0.05) is 29.8 Å². The maximum absolute atomic E-state index is 12.8. The van der Waals surface area contributed by atoms with Crippen molar-refractivity contribution in [3.05, 3.63) is 35.4 Å². The number of carboxylic acid groups (broad SMARTS) is 1. The molecule has 0 saturated carbocycles. The molecule has 1 N–H and O–H groups in total. The first kappa shape index (κ1) is 15.5. The Morgan fingerprint density at radius 3 is 2.14 bits per heavy atom. The molecule has 1 fully saturated rings. The Hall–Kier alpha value is -1.84. The Labute approximate surface area is 125 Å². The number of piperidine rings is 1. The highest BCUT2D eigenvalue weighted by atomic mass is 16.4. The van der Waals surface area contributed by atoms with Crippen molar-refractivity contribution in [2.24, 2.45) is 5.92 Å². The highest BCUT2D eigenvalue weighted by Gasteiger charge is 2.36. The van der Waals surface area contributed by atoms with Crippen LogP contribution < -0.4 is 0 Å². The van der Waals surface area contributed by atoms with Gasteiger partial charge in [0.05, 0.1) is 11.3 Å². The first-order valence-electron chi connectivity index (χ1n) is 7.41. The van der Waals surface area contributed by atoms with Crippen LogP contribution in [0.3, 0.4) is 0 Å². The molecule has 0 aromatic heterocycles. The van der Waals surface area contributed by atoms with Gasteiger partial charge in [0.2, 0.25) is 5.91 Å². The maximum Gasteiger partial charge on any atom is 0.306 e. The molecule has 0 spiro atoms. The number of carboxylic acids is 1. The second-order valence-corrected chi connectivity index (χ2v) is 6.40. The largest absolute Gasteiger partial charge is 0.481 e. The van der Waals surface area contributed by atoms with Crippen LogP contribution in [-0.2, 0) is 15.0 Å². The first-order chi connectivity index (χ1) is 9.82. The molecule has 0 atom stereocenters. The Balaban J connectivity index is 2.09. The van der Waals surface area contributed by atoms with Gasteiger partial charge in [-0.25, -0.2) is 0 Å². The molecule has 1 aliphatic heterocycles. The molecule has 21 heavy (non-hydrogen) atoms. The molecule has 1 amide bonds. The van der Waals surface area contributed by atoms with Crippen LogP contribution in [0.25, 0.3) is 0 Å². The summed E-state index contributed by atoms with van der Waals surface area (Å²) in [5.74, 6) is -0.980. The Morgan fingerprint density at radius 1 is 1.14 bits per heavy atom. The van der Waals surface area contributed by atoms with Crippen molar-refractivity contribution in [1.82, 2.24) is 4.90 Å². The Kier molecular flexibility index (Phi) is 4.35. The zero-order valence-electron chi connectivity index (χ0n) is 12.9. The second kappa shape index (κ2) is 5.88. The summed E-state index contributed by atoms with van der Waals surface area (Å²) >= 11 is 0. The molecule has 1 aromatic carbocycles. The van der Waals surface area contributed by atoms with Gasteiger partial charge in [0.15, 0.2) is 0 Å². The predicted molar refractivity (Wildman–Crippen MR) is 81.1 cm³/mol. The van der Waals surface area contributed by atoms with Crippen molar-refractivity contribution < 1.29 is 14.7 Å². The average molecular weight is 289 g/mol. The fourth-order valence-corrected chi connectivity index (χ4v) is 2.82. The number of carbonyl (C=O) groups is 2. The quantitative estimate of drug-likeness (QED) is 0.930. The van der Waals surface area contributed by atoms with Crippen LogP contribution in [0.15, 0.2) is 24.3 Å². The van der Waals surface area contributed by atoms with E-state index in [9.17, 15) is 9.59 Å². The highest BCUT2D eigenvalue weighted by molar-refractivity contribution is 5.87. The van der Waals surface area contributed by atoms with Crippen LogP contribution >= 0.6 is 0 Å². The number of hydrogen-bond donors (Lipinski definition) is 1. The van der Waals surface area contributed by atoms with E-state index in [4.69, 9.17) is 5.11 Å². The van der Waals surface area contributed by atoms with Crippen LogP contribution in [0.1, 0.15) is 37.8 Å². The molecule has 1 saturated heterocycles. The molecule has 0 radical (unpaired) electrons. The van der Waals surface area contributed by atoms with E-state index in [-0.39, 0.29) is 11.8 Å². The number of hydrogen-bond acceptors (Lipinski definition) is 2. The number of nitrogens with zero attached hydrogens (tertiary/aromatic N) is 1. The van der Waals surface area contributed by atoms with Gasteiger partial charge in [-0.2, -0.15) is 0 Å². The molecule has 1 aliphatic rings. The van der Waals surface area contributed by atoms with Crippen LogP contribution in [0, 0.1) is 12.8 Å². The lowest BCUT2D eigenvalue weighted by atomic mass is 9.82. The van der Waals surface area contributed by atoms with E-state index in [0.717, 1.165) is 5.56 Å². The van der Waals surface area contributed by atoms with Crippen LogP contribution in [0.4, 0.5) is 0 Å². The van der Waals surface area contributed by atoms with E-state index in [1.54, 1.807) is 4.90 Å². The number of amides is 1. The van der Waals surface area contributed by atoms with Crippen LogP contribution in [-0.4, -0.2) is 35.0 Å². The monoisotopic (exact) mass is 289 g/mol. The molecule has 1 aromatic rings. The van der Waals surface area contributed by atoms with E-state index in [0.29, 0.717) is 25.9 Å². The lowest BCUT2D eigenvalue weighted by Gasteiger charge is -2.36. The van der Waals surface area contributed by atoms with Gasteiger partial charge >= 0.3 is 5.97 Å². The van der Waals surface area contributed by atoms with Crippen molar-refractivity contribution in [2.75, 3.05) is 13.1 Å². The minimum absolute atomic E-state index is 0.0789. The summed E-state index contributed by atoms with van der Waals surface area (Å²) in [5, 5.41) is 9.02. The molecular weight excluding hydrogens is 266 g/mol. The van der Waals surface area contributed by atoms with Gasteiger partial charge < -0.3 is 10.0 Å². The van der Waals surface area contributed by atoms with Crippen LogP contribution in [0.5, 0.6) is 0 Å². The van der Waals surface area contributed by atoms with Gasteiger partial charge in [-0.15, -0.1) is 0 Å². The standard InChI is InChI=1S/C17H23NO3/c1-12-4-6-14(7-5-12)17(2,3)16(21)18-10-8-13(9-11-18)15(19)20/h4-7,13H,8-11H2,1-3H3,(H,19,20). The molecule has 0 unspecified atom stereocenters. The fourth-order valence-electron chi connectivity index (χ4n) is 2.82. The van der Waals surface area contributed by atoms with Crippen molar-refractivity contribution in [2.45, 2.75) is 39.0 Å². The zero-order chi connectivity index (χ0) is 15.6. The lowest BCUT2D eigenvalue weighted by Crippen LogP contribution is -2.47. The predicted octanol–water partition coefficient (Wildman–Crippen LogP) is 2.60. The summed E-state index contributed by atoms with van der Waals surface area (Å²) in [6, 6.07) is 8.02. The van der Waals surface area contributed by atoms with Crippen LogP contribution in [0.2, 0.25) is 0 Å². The SMILES string of the molecule is Cc1ccc(C(C)(C)C(=O)N2CCC(C(=O)O)CC2)cc1. The Morgan fingerprint density at radius 2 is 1.67 bits per heavy atom. The van der Waals surface area contributed by atoms with Crippen molar-refractivity contribution in [1.29, 1.82) is 0 Å². The summed E-state index contributed by atoms with van der Waals surface area (Å²) < 4.78 is 0. The minimum Gasteiger partial charge on any atom is -0.481 e. The van der Waals surface area contributed by atoms with Gasteiger partial charge in [0, 0.05) is 13.1 Å². The van der Waals surface area contributed by atoms with Gasteiger partial charge in [-0.3, -0.25) is 9.59 Å². The molecule has 2 rings (SSSR count). The van der Waals surface area contributed by atoms with E-state index in [1.807, 2.05) is 45.0 Å². The third-order valence-corrected chi connectivity index (χ3v) is 4.44. The highest BCUT2D eigenvalue weighted by Crippen LogP contribution is 2.28. The van der Waals surface area contributed by atoms with Gasteiger partial charge in [0.25, 0.3) is 0 Å². The van der Waals surface area contributed by atoms with Gasteiger partial charge in [-0.05, 0) is 39.2 Å². The van der Waals surface area contributed by atoms with Crippen molar-refractivity contribution in [3.63, 3.8) is 0 Å². The van der Waals surface area contributed by atoms with Gasteiger partial charge in [0.1, 0.15) is 0 Å². The second-order valence-electron chi connectivity index (χ2n) is 6.40. The zero-order valence-corrected chi connectivity index (χ0v) is 12.9. The number of likely N-dealkylation sites (tertiary alicyclic amines) is 1. The average Bonchev–Trinajstić information content (AvgIpc) is 2.47. The molecule has 4 heteroatoms. The van der Waals surface area contributed by atoms with E-state index in [2.05, 4.69) is 0 Å². The topological polar surface area (TPSA) is 57.6 Å². The summed E-state index contributed by atoms with van der Waals surface area (Å²) in [6.45, 7) is 6.96. The number of aliphatic carboxylic acids is 1. The minimum atomic E-state index is -0.750. The molecule has 0 bridgehead atoms. The third-order valence-electron chi connectivity index (χ3n) is 4.44. The number of aryl methyl sites for hydroxylation is 1. The Bertz CT molecular complexity index is 525. The summed E-state index contributed by atoms with van der Waals surface area (Å²) in [5.41, 5.74) is 1.59. The van der Waals surface area contributed by atoms with Crippen molar-refractivity contribution in [3.8, 4) is 0 Å². The number of benzene rings is 1. The summed E-state index contributed by atoms with van der Waals surface area (Å²) in [4.78, 5) is 25.5. The summed E-state index contributed by atoms with van der Waals surface area (Å²) in [6.07, 6.45) is 1.09. The molecule has 114 valence electrons. The summed E-state index contributed by atoms with van der Waals surface area (Å²) in [7, 11) is 0. The normalized spacial score (nSPS) is 16.8. The number of carbonyl (C=O) groups excluding carboxylic acids is 1. The molecule has 0 aliphatic carbocycles. The van der Waals surface area contributed by atoms with E-state index in [1.165, 1.54) is 5.56 Å². The first-order valence-corrected chi connectivity index (χ1v) is 7.41. The number of rotatable bonds is 3.